The fourth-order valence-electron chi connectivity index (χ4n) is 4.24. The molecule has 0 saturated carbocycles. The van der Waals surface area contributed by atoms with Gasteiger partial charge in [0.1, 0.15) is 30.0 Å². The first-order valence-corrected chi connectivity index (χ1v) is 12.7. The molecular formula is C32H36O6. The molecule has 6 nitrogen and oxygen atoms in total. The summed E-state index contributed by atoms with van der Waals surface area (Å²) in [6.45, 7) is 14.9. The number of epoxide rings is 1. The van der Waals surface area contributed by atoms with Gasteiger partial charge in [0.2, 0.25) is 13.6 Å². The SMILES string of the molecule is C=COCOc1cc(Cc2cc(Cc3cccc(OCOC=C)c3C)cc(OCC3CO3)c2C)ccc1C. The molecule has 1 unspecified atom stereocenters. The van der Waals surface area contributed by atoms with Crippen LogP contribution < -0.4 is 14.2 Å². The Morgan fingerprint density at radius 3 is 2.13 bits per heavy atom. The molecule has 1 fully saturated rings. The van der Waals surface area contributed by atoms with E-state index >= 15 is 0 Å². The molecule has 1 aliphatic rings. The summed E-state index contributed by atoms with van der Waals surface area (Å²) in [7, 11) is 0. The van der Waals surface area contributed by atoms with Gasteiger partial charge in [-0.15, -0.1) is 0 Å². The number of hydrogen-bond donors (Lipinski definition) is 0. The topological polar surface area (TPSA) is 58.7 Å². The van der Waals surface area contributed by atoms with Gasteiger partial charge < -0.3 is 28.4 Å². The summed E-state index contributed by atoms with van der Waals surface area (Å²) in [6, 6.07) is 16.8. The number of rotatable bonds is 15. The van der Waals surface area contributed by atoms with E-state index in [0.29, 0.717) is 6.61 Å². The molecule has 0 spiro atoms. The molecular weight excluding hydrogens is 480 g/mol. The molecule has 1 heterocycles. The lowest BCUT2D eigenvalue weighted by atomic mass is 9.93. The molecule has 200 valence electrons. The lowest BCUT2D eigenvalue weighted by Gasteiger charge is -2.17. The van der Waals surface area contributed by atoms with Crippen LogP contribution in [0.2, 0.25) is 0 Å². The molecule has 3 aromatic carbocycles. The molecule has 1 atom stereocenters. The van der Waals surface area contributed by atoms with E-state index in [0.717, 1.165) is 59.0 Å². The lowest BCUT2D eigenvalue weighted by Crippen LogP contribution is -2.08. The van der Waals surface area contributed by atoms with Gasteiger partial charge in [-0.25, -0.2) is 0 Å². The van der Waals surface area contributed by atoms with E-state index in [4.69, 9.17) is 28.4 Å². The summed E-state index contributed by atoms with van der Waals surface area (Å²) in [5.74, 6) is 2.49. The monoisotopic (exact) mass is 516 g/mol. The van der Waals surface area contributed by atoms with Crippen molar-refractivity contribution in [2.45, 2.75) is 39.7 Å². The van der Waals surface area contributed by atoms with E-state index in [1.165, 1.54) is 29.2 Å². The second-order valence-corrected chi connectivity index (χ2v) is 9.33. The molecule has 1 saturated heterocycles. The maximum absolute atomic E-state index is 6.22. The van der Waals surface area contributed by atoms with Crippen molar-refractivity contribution in [2.75, 3.05) is 26.8 Å². The van der Waals surface area contributed by atoms with Crippen molar-refractivity contribution in [3.05, 3.63) is 113 Å². The van der Waals surface area contributed by atoms with Gasteiger partial charge >= 0.3 is 0 Å². The highest BCUT2D eigenvalue weighted by atomic mass is 16.7. The molecule has 38 heavy (non-hydrogen) atoms. The van der Waals surface area contributed by atoms with Crippen molar-refractivity contribution >= 4 is 0 Å². The van der Waals surface area contributed by atoms with Crippen LogP contribution in [0.25, 0.3) is 0 Å². The Labute approximate surface area is 225 Å². The van der Waals surface area contributed by atoms with Crippen LogP contribution in [0.3, 0.4) is 0 Å². The van der Waals surface area contributed by atoms with Crippen molar-refractivity contribution in [1.29, 1.82) is 0 Å². The van der Waals surface area contributed by atoms with Gasteiger partial charge in [-0.2, -0.15) is 0 Å². The third-order valence-corrected chi connectivity index (χ3v) is 6.59. The van der Waals surface area contributed by atoms with Crippen LogP contribution in [0.5, 0.6) is 17.2 Å². The van der Waals surface area contributed by atoms with Gasteiger partial charge in [0.05, 0.1) is 19.1 Å². The van der Waals surface area contributed by atoms with Gasteiger partial charge in [0.15, 0.2) is 0 Å². The third kappa shape index (κ3) is 7.33. The first-order valence-electron chi connectivity index (χ1n) is 12.7. The lowest BCUT2D eigenvalue weighted by molar-refractivity contribution is 0.0798. The van der Waals surface area contributed by atoms with Crippen LogP contribution in [-0.4, -0.2) is 32.9 Å². The molecule has 4 rings (SSSR count). The molecule has 0 bridgehead atoms. The van der Waals surface area contributed by atoms with E-state index < -0.39 is 0 Å². The highest BCUT2D eigenvalue weighted by molar-refractivity contribution is 5.49. The van der Waals surface area contributed by atoms with Crippen molar-refractivity contribution in [2.24, 2.45) is 0 Å². The summed E-state index contributed by atoms with van der Waals surface area (Å²) in [5, 5.41) is 0. The van der Waals surface area contributed by atoms with Gasteiger partial charge in [0.25, 0.3) is 0 Å². The first-order chi connectivity index (χ1) is 18.5. The van der Waals surface area contributed by atoms with Crippen LogP contribution in [-0.2, 0) is 27.1 Å². The molecule has 0 amide bonds. The summed E-state index contributed by atoms with van der Waals surface area (Å²) >= 11 is 0. The predicted octanol–water partition coefficient (Wildman–Crippen LogP) is 6.56. The van der Waals surface area contributed by atoms with E-state index in [1.54, 1.807) is 0 Å². The zero-order valence-corrected chi connectivity index (χ0v) is 22.5. The molecule has 0 aliphatic carbocycles. The maximum Gasteiger partial charge on any atom is 0.229 e. The quantitative estimate of drug-likeness (QED) is 0.0986. The molecule has 1 aliphatic heterocycles. The van der Waals surface area contributed by atoms with E-state index in [2.05, 4.69) is 63.4 Å². The highest BCUT2D eigenvalue weighted by Gasteiger charge is 2.24. The Balaban J connectivity index is 1.60. The Morgan fingerprint density at radius 2 is 1.42 bits per heavy atom. The van der Waals surface area contributed by atoms with Gasteiger partial charge in [0, 0.05) is 0 Å². The van der Waals surface area contributed by atoms with Crippen molar-refractivity contribution in [3.63, 3.8) is 0 Å². The van der Waals surface area contributed by atoms with Crippen LogP contribution >= 0.6 is 0 Å². The number of hydrogen-bond acceptors (Lipinski definition) is 6. The Morgan fingerprint density at radius 1 is 0.763 bits per heavy atom. The fraction of sp³-hybridized carbons (Fsp3) is 0.312. The number of benzene rings is 3. The number of ether oxygens (including phenoxy) is 6. The molecule has 0 aromatic heterocycles. The fourth-order valence-corrected chi connectivity index (χ4v) is 4.24. The molecule has 0 N–H and O–H groups in total. The zero-order chi connectivity index (χ0) is 26.9. The average molecular weight is 517 g/mol. The summed E-state index contributed by atoms with van der Waals surface area (Å²) in [4.78, 5) is 0. The average Bonchev–Trinajstić information content (AvgIpc) is 3.74. The van der Waals surface area contributed by atoms with Crippen LogP contribution in [0.4, 0.5) is 0 Å². The van der Waals surface area contributed by atoms with Crippen molar-refractivity contribution in [3.8, 4) is 17.2 Å². The molecule has 6 heteroatoms. The zero-order valence-electron chi connectivity index (χ0n) is 22.5. The smallest absolute Gasteiger partial charge is 0.229 e. The first kappa shape index (κ1) is 27.1. The van der Waals surface area contributed by atoms with Crippen LogP contribution in [0, 0.1) is 20.8 Å². The Kier molecular flexibility index (Phi) is 9.33. The minimum Gasteiger partial charge on any atom is -0.490 e. The highest BCUT2D eigenvalue weighted by Crippen LogP contribution is 2.31. The largest absolute Gasteiger partial charge is 0.490 e. The molecule has 3 aromatic rings. The van der Waals surface area contributed by atoms with E-state index in [9.17, 15) is 0 Å². The minimum atomic E-state index is 0.130. The summed E-state index contributed by atoms with van der Waals surface area (Å²) in [5.41, 5.74) is 7.96. The second-order valence-electron chi connectivity index (χ2n) is 9.33. The van der Waals surface area contributed by atoms with E-state index in [-0.39, 0.29) is 19.7 Å². The minimum absolute atomic E-state index is 0.130. The third-order valence-electron chi connectivity index (χ3n) is 6.59. The number of aryl methyl sites for hydroxylation is 1. The second kappa shape index (κ2) is 13.1. The van der Waals surface area contributed by atoms with Gasteiger partial charge in [-0.3, -0.25) is 0 Å². The van der Waals surface area contributed by atoms with Crippen molar-refractivity contribution in [1.82, 2.24) is 0 Å². The summed E-state index contributed by atoms with van der Waals surface area (Å²) in [6.07, 6.45) is 4.43. The van der Waals surface area contributed by atoms with Crippen LogP contribution in [0.15, 0.2) is 74.2 Å². The van der Waals surface area contributed by atoms with Crippen molar-refractivity contribution < 1.29 is 28.4 Å². The van der Waals surface area contributed by atoms with Gasteiger partial charge in [-0.05, 0) is 90.8 Å². The summed E-state index contributed by atoms with van der Waals surface area (Å²) < 4.78 is 33.4. The van der Waals surface area contributed by atoms with E-state index in [1.807, 2.05) is 19.1 Å². The predicted molar refractivity (Wildman–Crippen MR) is 148 cm³/mol. The normalized spacial score (nSPS) is 13.9. The standard InChI is InChI=1S/C32H36O6/c1-6-33-20-37-30-10-8-9-27(23(30)4)14-26-15-28(24(5)32(17-26)36-19-29-18-35-29)13-25-12-11-22(3)31(16-25)38-21-34-7-2/h6-12,15-17,29H,1-2,13-14,18-21H2,3-5H3. The maximum atomic E-state index is 6.22. The Bertz CT molecular complexity index is 1260. The van der Waals surface area contributed by atoms with Crippen LogP contribution in [0.1, 0.15) is 38.9 Å². The van der Waals surface area contributed by atoms with Gasteiger partial charge in [-0.1, -0.05) is 43.5 Å². The Hall–Kier alpha value is -3.90. The molecule has 0 radical (unpaired) electrons.